The third kappa shape index (κ3) is 3.59. The number of hydrogen-bond acceptors (Lipinski definition) is 3. The van der Waals surface area contributed by atoms with Crippen molar-refractivity contribution in [2.75, 3.05) is 5.32 Å². The van der Waals surface area contributed by atoms with Gasteiger partial charge in [-0.2, -0.15) is 0 Å². The summed E-state index contributed by atoms with van der Waals surface area (Å²) in [6, 6.07) is 2.03. The molecule has 1 fully saturated rings. The zero-order valence-corrected chi connectivity index (χ0v) is 11.3. The summed E-state index contributed by atoms with van der Waals surface area (Å²) in [5, 5.41) is 3.43. The highest BCUT2D eigenvalue weighted by Crippen LogP contribution is 2.24. The molecule has 4 nitrogen and oxygen atoms in total. The number of H-pyrrole nitrogens is 1. The molecule has 0 amide bonds. The van der Waals surface area contributed by atoms with Crippen LogP contribution in [0.1, 0.15) is 51.8 Å². The molecular weight excluding hydrogens is 226 g/mol. The van der Waals surface area contributed by atoms with Crippen molar-refractivity contribution in [3.05, 3.63) is 22.2 Å². The number of anilines is 1. The van der Waals surface area contributed by atoms with Gasteiger partial charge in [-0.25, -0.2) is 4.98 Å². The zero-order valence-electron chi connectivity index (χ0n) is 11.3. The minimum absolute atomic E-state index is 0.0636. The van der Waals surface area contributed by atoms with Gasteiger partial charge in [0.1, 0.15) is 11.6 Å². The van der Waals surface area contributed by atoms with Gasteiger partial charge in [-0.05, 0) is 25.2 Å². The van der Waals surface area contributed by atoms with E-state index in [1.165, 1.54) is 32.1 Å². The smallest absolute Gasteiger partial charge is 0.252 e. The molecule has 100 valence electrons. The molecule has 2 N–H and O–H groups in total. The Labute approximate surface area is 108 Å². The third-order valence-corrected chi connectivity index (χ3v) is 3.74. The highest BCUT2D eigenvalue weighted by atomic mass is 16.1. The lowest BCUT2D eigenvalue weighted by Gasteiger charge is -2.17. The van der Waals surface area contributed by atoms with E-state index in [1.807, 2.05) is 6.92 Å². The summed E-state index contributed by atoms with van der Waals surface area (Å²) < 4.78 is 0. The molecule has 1 saturated carbocycles. The summed E-state index contributed by atoms with van der Waals surface area (Å²) in [5.41, 5.74) is -0.0636. The maximum absolute atomic E-state index is 11.5. The first kappa shape index (κ1) is 13.1. The van der Waals surface area contributed by atoms with Gasteiger partial charge < -0.3 is 10.3 Å². The lowest BCUT2D eigenvalue weighted by Crippen LogP contribution is -2.22. The summed E-state index contributed by atoms with van der Waals surface area (Å²) in [6.45, 7) is 4.32. The predicted molar refractivity (Wildman–Crippen MR) is 73.9 cm³/mol. The molecule has 0 bridgehead atoms. The molecule has 1 aliphatic rings. The average molecular weight is 249 g/mol. The summed E-state index contributed by atoms with van der Waals surface area (Å²) in [7, 11) is 0. The summed E-state index contributed by atoms with van der Waals surface area (Å²) in [4.78, 5) is 18.7. The molecule has 1 aromatic heterocycles. The number of rotatable bonds is 3. The standard InChI is InChI=1S/C14H23N3O/c1-3-12-16-13(9-14(18)17-12)15-11-6-4-5-10(2)7-8-11/h9-11H,3-8H2,1-2H3,(H2,15,16,17,18). The third-order valence-electron chi connectivity index (χ3n) is 3.74. The Morgan fingerprint density at radius 3 is 3.00 bits per heavy atom. The van der Waals surface area contributed by atoms with Gasteiger partial charge in [-0.3, -0.25) is 4.79 Å². The van der Waals surface area contributed by atoms with E-state index in [2.05, 4.69) is 22.2 Å². The molecule has 2 unspecified atom stereocenters. The van der Waals surface area contributed by atoms with Gasteiger partial charge in [0.25, 0.3) is 5.56 Å². The van der Waals surface area contributed by atoms with Gasteiger partial charge in [-0.15, -0.1) is 0 Å². The molecule has 18 heavy (non-hydrogen) atoms. The van der Waals surface area contributed by atoms with Crippen LogP contribution in [0.25, 0.3) is 0 Å². The monoisotopic (exact) mass is 249 g/mol. The normalized spacial score (nSPS) is 24.6. The molecule has 4 heteroatoms. The molecule has 2 atom stereocenters. The van der Waals surface area contributed by atoms with Crippen LogP contribution in [0.2, 0.25) is 0 Å². The van der Waals surface area contributed by atoms with Crippen molar-refractivity contribution in [1.82, 2.24) is 9.97 Å². The van der Waals surface area contributed by atoms with E-state index >= 15 is 0 Å². The summed E-state index contributed by atoms with van der Waals surface area (Å²) in [5.74, 6) is 2.32. The largest absolute Gasteiger partial charge is 0.367 e. The van der Waals surface area contributed by atoms with E-state index in [1.54, 1.807) is 6.07 Å². The van der Waals surface area contributed by atoms with Crippen LogP contribution in [0, 0.1) is 5.92 Å². The fourth-order valence-electron chi connectivity index (χ4n) is 2.59. The van der Waals surface area contributed by atoms with Crippen LogP contribution in [0.4, 0.5) is 5.82 Å². The number of nitrogens with zero attached hydrogens (tertiary/aromatic N) is 1. The van der Waals surface area contributed by atoms with E-state index in [9.17, 15) is 4.79 Å². The maximum Gasteiger partial charge on any atom is 0.252 e. The van der Waals surface area contributed by atoms with E-state index in [-0.39, 0.29) is 5.56 Å². The number of hydrogen-bond donors (Lipinski definition) is 2. The molecule has 0 spiro atoms. The molecule has 1 aromatic rings. The second-order valence-electron chi connectivity index (χ2n) is 5.39. The first-order valence-electron chi connectivity index (χ1n) is 7.04. The molecule has 2 rings (SSSR count). The lowest BCUT2D eigenvalue weighted by atomic mass is 10.0. The van der Waals surface area contributed by atoms with Crippen molar-refractivity contribution in [1.29, 1.82) is 0 Å². The Morgan fingerprint density at radius 2 is 2.22 bits per heavy atom. The molecule has 0 saturated heterocycles. The number of aromatic nitrogens is 2. The molecule has 1 aliphatic carbocycles. The number of aryl methyl sites for hydroxylation is 1. The van der Waals surface area contributed by atoms with Gasteiger partial charge >= 0.3 is 0 Å². The number of nitrogens with one attached hydrogen (secondary N) is 2. The van der Waals surface area contributed by atoms with Crippen LogP contribution in [0.15, 0.2) is 10.9 Å². The highest BCUT2D eigenvalue weighted by Gasteiger charge is 2.16. The van der Waals surface area contributed by atoms with Crippen molar-refractivity contribution in [3.8, 4) is 0 Å². The van der Waals surface area contributed by atoms with E-state index < -0.39 is 0 Å². The van der Waals surface area contributed by atoms with E-state index in [4.69, 9.17) is 0 Å². The van der Waals surface area contributed by atoms with Gasteiger partial charge in [-0.1, -0.05) is 26.7 Å². The van der Waals surface area contributed by atoms with Crippen molar-refractivity contribution >= 4 is 5.82 Å². The van der Waals surface area contributed by atoms with Gasteiger partial charge in [0.15, 0.2) is 0 Å². The maximum atomic E-state index is 11.5. The summed E-state index contributed by atoms with van der Waals surface area (Å²) >= 11 is 0. The minimum atomic E-state index is -0.0636. The molecule has 1 heterocycles. The second kappa shape index (κ2) is 6.03. The Balaban J connectivity index is 2.04. The Hall–Kier alpha value is -1.32. The van der Waals surface area contributed by atoms with Crippen molar-refractivity contribution in [2.24, 2.45) is 5.92 Å². The van der Waals surface area contributed by atoms with Crippen molar-refractivity contribution < 1.29 is 0 Å². The first-order chi connectivity index (χ1) is 8.67. The van der Waals surface area contributed by atoms with Crippen LogP contribution >= 0.6 is 0 Å². The second-order valence-corrected chi connectivity index (χ2v) is 5.39. The number of aromatic amines is 1. The quantitative estimate of drug-likeness (QED) is 0.810. The van der Waals surface area contributed by atoms with E-state index in [0.717, 1.165) is 24.0 Å². The highest BCUT2D eigenvalue weighted by molar-refractivity contribution is 5.34. The Kier molecular flexibility index (Phi) is 4.39. The summed E-state index contributed by atoms with van der Waals surface area (Å²) in [6.07, 6.45) is 6.97. The molecule has 0 aromatic carbocycles. The van der Waals surface area contributed by atoms with Crippen LogP contribution in [0.3, 0.4) is 0 Å². The lowest BCUT2D eigenvalue weighted by molar-refractivity contribution is 0.501. The molecule has 0 aliphatic heterocycles. The van der Waals surface area contributed by atoms with Crippen LogP contribution < -0.4 is 10.9 Å². The first-order valence-corrected chi connectivity index (χ1v) is 7.04. The van der Waals surface area contributed by atoms with Gasteiger partial charge in [0.2, 0.25) is 0 Å². The fraction of sp³-hybridized carbons (Fsp3) is 0.714. The minimum Gasteiger partial charge on any atom is -0.367 e. The SMILES string of the molecule is CCc1nc(NC2CCCC(C)CC2)cc(=O)[nH]1. The Bertz CT molecular complexity index is 441. The van der Waals surface area contributed by atoms with Crippen LogP contribution in [-0.2, 0) is 6.42 Å². The molecule has 0 radical (unpaired) electrons. The fourth-order valence-corrected chi connectivity index (χ4v) is 2.59. The van der Waals surface area contributed by atoms with Crippen LogP contribution in [-0.4, -0.2) is 16.0 Å². The van der Waals surface area contributed by atoms with Gasteiger partial charge in [0.05, 0.1) is 0 Å². The van der Waals surface area contributed by atoms with Gasteiger partial charge in [0, 0.05) is 18.5 Å². The van der Waals surface area contributed by atoms with Crippen LogP contribution in [0.5, 0.6) is 0 Å². The predicted octanol–water partition coefficient (Wildman–Crippen LogP) is 2.71. The van der Waals surface area contributed by atoms with Crippen molar-refractivity contribution in [3.63, 3.8) is 0 Å². The topological polar surface area (TPSA) is 57.8 Å². The Morgan fingerprint density at radius 1 is 1.39 bits per heavy atom. The van der Waals surface area contributed by atoms with Crippen molar-refractivity contribution in [2.45, 2.75) is 58.4 Å². The van der Waals surface area contributed by atoms with E-state index in [0.29, 0.717) is 6.04 Å². The zero-order chi connectivity index (χ0) is 13.0. The average Bonchev–Trinajstić information content (AvgIpc) is 2.54. The molecular formula is C14H23N3O.